The van der Waals surface area contributed by atoms with Crippen molar-refractivity contribution in [1.29, 1.82) is 0 Å². The van der Waals surface area contributed by atoms with Crippen LogP contribution in [-0.2, 0) is 0 Å². The Hall–Kier alpha value is -6.91. The van der Waals surface area contributed by atoms with Crippen LogP contribution in [0.1, 0.15) is 0 Å². The van der Waals surface area contributed by atoms with Crippen LogP contribution in [0.3, 0.4) is 0 Å². The molecule has 2 aromatic heterocycles. The zero-order chi connectivity index (χ0) is 33.7. The molecule has 10 rings (SSSR count). The van der Waals surface area contributed by atoms with Gasteiger partial charge in [-0.05, 0) is 99.8 Å². The van der Waals surface area contributed by atoms with Crippen LogP contribution in [0.5, 0.6) is 0 Å². The maximum atomic E-state index is 6.76. The molecule has 2 heterocycles. The van der Waals surface area contributed by atoms with Crippen LogP contribution < -0.4 is 4.90 Å². The normalized spacial score (nSPS) is 11.5. The molecule has 51 heavy (non-hydrogen) atoms. The smallest absolute Gasteiger partial charge is 0.227 e. The summed E-state index contributed by atoms with van der Waals surface area (Å²) in [6.07, 6.45) is 0. The van der Waals surface area contributed by atoms with Crippen LogP contribution in [0.2, 0.25) is 0 Å². The van der Waals surface area contributed by atoms with E-state index in [2.05, 4.69) is 150 Å². The molecular weight excluding hydrogens is 625 g/mol. The Morgan fingerprint density at radius 2 is 1.04 bits per heavy atom. The van der Waals surface area contributed by atoms with Gasteiger partial charge in [-0.15, -0.1) is 0 Å². The number of nitrogens with zero attached hydrogens (tertiary/aromatic N) is 2. The molecule has 10 aromatic rings. The Balaban J connectivity index is 1.10. The molecule has 4 heteroatoms. The Morgan fingerprint density at radius 1 is 0.392 bits per heavy atom. The third kappa shape index (κ3) is 5.13. The van der Waals surface area contributed by atoms with Crippen molar-refractivity contribution in [3.05, 3.63) is 182 Å². The third-order valence-corrected chi connectivity index (χ3v) is 9.70. The van der Waals surface area contributed by atoms with Crippen LogP contribution in [0, 0.1) is 0 Å². The van der Waals surface area contributed by atoms with Crippen molar-refractivity contribution < 1.29 is 8.83 Å². The third-order valence-electron chi connectivity index (χ3n) is 9.70. The number of hydrogen-bond acceptors (Lipinski definition) is 4. The van der Waals surface area contributed by atoms with Gasteiger partial charge >= 0.3 is 0 Å². The van der Waals surface area contributed by atoms with Crippen molar-refractivity contribution in [3.8, 4) is 33.7 Å². The highest BCUT2D eigenvalue weighted by atomic mass is 16.3. The molecule has 0 aliphatic carbocycles. The number of hydrogen-bond donors (Lipinski definition) is 0. The number of fused-ring (bicyclic) bond motifs is 5. The fourth-order valence-corrected chi connectivity index (χ4v) is 7.12. The van der Waals surface area contributed by atoms with Gasteiger partial charge in [0.2, 0.25) is 5.89 Å². The van der Waals surface area contributed by atoms with Gasteiger partial charge in [-0.2, -0.15) is 0 Å². The quantitative estimate of drug-likeness (QED) is 0.179. The van der Waals surface area contributed by atoms with E-state index < -0.39 is 0 Å². The van der Waals surface area contributed by atoms with Crippen LogP contribution in [0.25, 0.3) is 77.5 Å². The molecule has 0 fully saturated rings. The molecule has 0 saturated carbocycles. The highest BCUT2D eigenvalue weighted by Crippen LogP contribution is 2.43. The maximum absolute atomic E-state index is 6.76. The molecular formula is C47H30N2O2. The van der Waals surface area contributed by atoms with Crippen LogP contribution in [0.4, 0.5) is 17.1 Å². The summed E-state index contributed by atoms with van der Waals surface area (Å²) in [4.78, 5) is 7.01. The summed E-state index contributed by atoms with van der Waals surface area (Å²) in [5.41, 5.74) is 11.8. The Labute approximate surface area is 294 Å². The first-order chi connectivity index (χ1) is 25.2. The first-order valence-corrected chi connectivity index (χ1v) is 17.1. The zero-order valence-electron chi connectivity index (χ0n) is 27.5. The van der Waals surface area contributed by atoms with E-state index in [9.17, 15) is 0 Å². The van der Waals surface area contributed by atoms with E-state index in [1.165, 1.54) is 27.5 Å². The summed E-state index contributed by atoms with van der Waals surface area (Å²) in [7, 11) is 0. The number of oxazole rings is 1. The van der Waals surface area contributed by atoms with Crippen molar-refractivity contribution in [2.75, 3.05) is 4.90 Å². The molecule has 0 unspecified atom stereocenters. The van der Waals surface area contributed by atoms with Gasteiger partial charge in [-0.3, -0.25) is 0 Å². The number of para-hydroxylation sites is 3. The molecule has 0 atom stereocenters. The number of benzene rings is 8. The van der Waals surface area contributed by atoms with Crippen molar-refractivity contribution in [3.63, 3.8) is 0 Å². The summed E-state index contributed by atoms with van der Waals surface area (Å²) in [6, 6.07) is 63.5. The van der Waals surface area contributed by atoms with E-state index in [-0.39, 0.29) is 0 Å². The van der Waals surface area contributed by atoms with Crippen LogP contribution >= 0.6 is 0 Å². The fraction of sp³-hybridized carbons (Fsp3) is 0. The van der Waals surface area contributed by atoms with Crippen molar-refractivity contribution in [2.45, 2.75) is 0 Å². The average molecular weight is 655 g/mol. The second kappa shape index (κ2) is 11.9. The van der Waals surface area contributed by atoms with E-state index in [1.807, 2.05) is 36.4 Å². The summed E-state index contributed by atoms with van der Waals surface area (Å²) in [5, 5.41) is 4.56. The van der Waals surface area contributed by atoms with Gasteiger partial charge in [0, 0.05) is 27.7 Å². The van der Waals surface area contributed by atoms with Crippen molar-refractivity contribution in [1.82, 2.24) is 4.98 Å². The standard InChI is InChI=1S/C47H30N2O2/c1-2-9-31(10-3-1)33-19-24-38(25-20-33)49(39-26-21-34(22-27-39)36-18-17-32-11-4-5-12-35(32)29-36)43-15-8-13-41-40-28-23-37(30-45(40)50-46(41)43)47-48-42-14-6-7-16-44(42)51-47/h1-30H. The largest absolute Gasteiger partial charge is 0.454 e. The van der Waals surface area contributed by atoms with Crippen molar-refractivity contribution >= 4 is 60.9 Å². The number of rotatable bonds is 6. The van der Waals surface area contributed by atoms with Gasteiger partial charge in [0.1, 0.15) is 11.1 Å². The lowest BCUT2D eigenvalue weighted by Gasteiger charge is -2.26. The number of aromatic nitrogens is 1. The lowest BCUT2D eigenvalue weighted by Crippen LogP contribution is -2.10. The van der Waals surface area contributed by atoms with E-state index in [0.29, 0.717) is 5.89 Å². The predicted octanol–water partition coefficient (Wildman–Crippen LogP) is 13.4. The molecule has 0 aliphatic heterocycles. The van der Waals surface area contributed by atoms with Gasteiger partial charge < -0.3 is 13.7 Å². The van der Waals surface area contributed by atoms with Gasteiger partial charge in [-0.25, -0.2) is 4.98 Å². The minimum Gasteiger partial charge on any atom is -0.454 e. The molecule has 0 spiro atoms. The van der Waals surface area contributed by atoms with E-state index >= 15 is 0 Å². The number of anilines is 3. The second-order valence-corrected chi connectivity index (χ2v) is 12.8. The molecule has 0 bridgehead atoms. The SMILES string of the molecule is c1ccc(-c2ccc(N(c3ccc(-c4ccc5ccccc5c4)cc3)c3cccc4c3oc3cc(-c5nc6ccccc6o5)ccc34)cc2)cc1. The van der Waals surface area contributed by atoms with Gasteiger partial charge in [0.25, 0.3) is 0 Å². The molecule has 240 valence electrons. The van der Waals surface area contributed by atoms with Gasteiger partial charge in [0.05, 0.1) is 5.69 Å². The molecule has 4 nitrogen and oxygen atoms in total. The summed E-state index contributed by atoms with van der Waals surface area (Å²) in [6.45, 7) is 0. The molecule has 0 radical (unpaired) electrons. The summed E-state index contributed by atoms with van der Waals surface area (Å²) < 4.78 is 12.9. The maximum Gasteiger partial charge on any atom is 0.227 e. The van der Waals surface area contributed by atoms with E-state index in [4.69, 9.17) is 13.8 Å². The first-order valence-electron chi connectivity index (χ1n) is 17.1. The summed E-state index contributed by atoms with van der Waals surface area (Å²) in [5.74, 6) is 0.574. The van der Waals surface area contributed by atoms with E-state index in [0.717, 1.165) is 61.2 Å². The minimum absolute atomic E-state index is 0.574. The zero-order valence-corrected chi connectivity index (χ0v) is 27.5. The van der Waals surface area contributed by atoms with Crippen LogP contribution in [0.15, 0.2) is 191 Å². The Morgan fingerprint density at radius 3 is 1.82 bits per heavy atom. The van der Waals surface area contributed by atoms with Crippen molar-refractivity contribution in [2.24, 2.45) is 0 Å². The lowest BCUT2D eigenvalue weighted by molar-refractivity contribution is 0.619. The average Bonchev–Trinajstić information content (AvgIpc) is 3.81. The minimum atomic E-state index is 0.574. The first kappa shape index (κ1) is 29.0. The molecule has 8 aromatic carbocycles. The second-order valence-electron chi connectivity index (χ2n) is 12.8. The lowest BCUT2D eigenvalue weighted by atomic mass is 10.0. The fourth-order valence-electron chi connectivity index (χ4n) is 7.12. The van der Waals surface area contributed by atoms with Gasteiger partial charge in [-0.1, -0.05) is 115 Å². The highest BCUT2D eigenvalue weighted by Gasteiger charge is 2.20. The monoisotopic (exact) mass is 654 g/mol. The predicted molar refractivity (Wildman–Crippen MR) is 210 cm³/mol. The number of furan rings is 1. The molecule has 0 saturated heterocycles. The Bertz CT molecular complexity index is 2820. The van der Waals surface area contributed by atoms with Crippen LogP contribution in [-0.4, -0.2) is 4.98 Å². The summed E-state index contributed by atoms with van der Waals surface area (Å²) >= 11 is 0. The highest BCUT2D eigenvalue weighted by molar-refractivity contribution is 6.11. The topological polar surface area (TPSA) is 42.4 Å². The van der Waals surface area contributed by atoms with E-state index in [1.54, 1.807) is 0 Å². The molecule has 0 aliphatic rings. The van der Waals surface area contributed by atoms with Gasteiger partial charge in [0.15, 0.2) is 11.2 Å². The molecule has 0 amide bonds. The Kier molecular flexibility index (Phi) is 6.78. The molecule has 0 N–H and O–H groups in total.